The molecule has 1 unspecified atom stereocenters. The number of carbonyl (C=O) groups excluding carboxylic acids is 1. The van der Waals surface area contributed by atoms with Crippen molar-refractivity contribution in [3.05, 3.63) is 68.1 Å². The molecule has 1 heterocycles. The van der Waals surface area contributed by atoms with Gasteiger partial charge in [0, 0.05) is 6.07 Å². The lowest BCUT2D eigenvalue weighted by molar-refractivity contribution is -0.385. The van der Waals surface area contributed by atoms with Crippen LogP contribution in [0.25, 0.3) is 0 Å². The molecule has 2 rings (SSSR count). The fraction of sp³-hybridized carbons (Fsp3) is 0.250. The van der Waals surface area contributed by atoms with Crippen LogP contribution >= 0.6 is 0 Å². The van der Waals surface area contributed by atoms with Gasteiger partial charge in [-0.2, -0.15) is 0 Å². The van der Waals surface area contributed by atoms with Gasteiger partial charge in [-0.1, -0.05) is 17.7 Å². The number of amides is 1. The molecule has 0 aliphatic heterocycles. The predicted octanol–water partition coefficient (Wildman–Crippen LogP) is 0.604. The van der Waals surface area contributed by atoms with Crippen molar-refractivity contribution in [2.45, 2.75) is 19.6 Å². The summed E-state index contributed by atoms with van der Waals surface area (Å²) in [6, 6.07) is 7.95. The van der Waals surface area contributed by atoms with E-state index in [4.69, 9.17) is 10.5 Å². The molecule has 3 N–H and O–H groups in total. The highest BCUT2D eigenvalue weighted by molar-refractivity contribution is 5.92. The smallest absolute Gasteiger partial charge is 0.286 e. The van der Waals surface area contributed by atoms with E-state index in [0.29, 0.717) is 5.75 Å². The lowest BCUT2D eigenvalue weighted by Gasteiger charge is -2.14. The van der Waals surface area contributed by atoms with Gasteiger partial charge in [-0.05, 0) is 19.1 Å². The van der Waals surface area contributed by atoms with Crippen LogP contribution in [-0.2, 0) is 6.54 Å². The number of primary amides is 1. The number of hydrogen-bond donors (Lipinski definition) is 2. The van der Waals surface area contributed by atoms with Crippen LogP contribution in [0.4, 0.5) is 5.69 Å². The maximum atomic E-state index is 12.1. The Bertz CT molecular complexity index is 844. The first kappa shape index (κ1) is 18.1. The summed E-state index contributed by atoms with van der Waals surface area (Å²) in [7, 11) is 0. The molecule has 0 aliphatic carbocycles. The number of benzene rings is 1. The van der Waals surface area contributed by atoms with Gasteiger partial charge in [-0.3, -0.25) is 19.7 Å². The molecule has 0 bridgehead atoms. The summed E-state index contributed by atoms with van der Waals surface area (Å²) in [5, 5.41) is 20.9. The van der Waals surface area contributed by atoms with Crippen LogP contribution in [0.15, 0.2) is 41.3 Å². The number of nitrogens with two attached hydrogens (primary N) is 1. The Morgan fingerprint density at radius 2 is 2.04 bits per heavy atom. The standard InChI is InChI=1S/C16H17N3O6/c1-10-2-4-13(5-3-10)25-9-12(20)8-18-7-11(19(23)24)6-14(15(17)21)16(18)22/h2-7,12,20H,8-9H2,1H3,(H2,17,21). The van der Waals surface area contributed by atoms with Crippen LogP contribution in [-0.4, -0.2) is 33.2 Å². The molecule has 25 heavy (non-hydrogen) atoms. The first-order valence-corrected chi connectivity index (χ1v) is 7.34. The normalized spacial score (nSPS) is 11.8. The second-order valence-corrected chi connectivity index (χ2v) is 5.47. The molecular weight excluding hydrogens is 330 g/mol. The number of aromatic nitrogens is 1. The maximum Gasteiger partial charge on any atom is 0.286 e. The fourth-order valence-corrected chi connectivity index (χ4v) is 2.14. The van der Waals surface area contributed by atoms with Gasteiger partial charge in [-0.25, -0.2) is 0 Å². The van der Waals surface area contributed by atoms with Crippen molar-refractivity contribution in [2.75, 3.05) is 6.61 Å². The van der Waals surface area contributed by atoms with Crippen molar-refractivity contribution in [3.8, 4) is 5.75 Å². The van der Waals surface area contributed by atoms with Crippen LogP contribution in [0.3, 0.4) is 0 Å². The van der Waals surface area contributed by atoms with Crippen LogP contribution < -0.4 is 16.0 Å². The van der Waals surface area contributed by atoms with Crippen LogP contribution in [0.5, 0.6) is 5.75 Å². The third-order valence-electron chi connectivity index (χ3n) is 3.42. The van der Waals surface area contributed by atoms with E-state index in [2.05, 4.69) is 0 Å². The van der Waals surface area contributed by atoms with Gasteiger partial charge < -0.3 is 20.1 Å². The third-order valence-corrected chi connectivity index (χ3v) is 3.42. The average Bonchev–Trinajstić information content (AvgIpc) is 2.55. The summed E-state index contributed by atoms with van der Waals surface area (Å²) in [5.74, 6) is -0.540. The Hall–Kier alpha value is -3.20. The predicted molar refractivity (Wildman–Crippen MR) is 88.6 cm³/mol. The minimum Gasteiger partial charge on any atom is -0.491 e. The molecule has 0 spiro atoms. The molecule has 0 saturated heterocycles. The minimum absolute atomic E-state index is 0.135. The zero-order valence-electron chi connectivity index (χ0n) is 13.4. The Kier molecular flexibility index (Phi) is 5.50. The number of aryl methyl sites for hydroxylation is 1. The van der Waals surface area contributed by atoms with Gasteiger partial charge in [0.15, 0.2) is 0 Å². The minimum atomic E-state index is -1.12. The summed E-state index contributed by atoms with van der Waals surface area (Å²) >= 11 is 0. The quantitative estimate of drug-likeness (QED) is 0.556. The fourth-order valence-electron chi connectivity index (χ4n) is 2.14. The number of pyridine rings is 1. The largest absolute Gasteiger partial charge is 0.491 e. The highest BCUT2D eigenvalue weighted by Gasteiger charge is 2.19. The van der Waals surface area contributed by atoms with Gasteiger partial charge in [-0.15, -0.1) is 0 Å². The zero-order valence-corrected chi connectivity index (χ0v) is 13.4. The van der Waals surface area contributed by atoms with E-state index in [1.54, 1.807) is 12.1 Å². The number of carbonyl (C=O) groups is 1. The maximum absolute atomic E-state index is 12.1. The molecule has 0 aliphatic rings. The highest BCUT2D eigenvalue weighted by Crippen LogP contribution is 2.13. The van der Waals surface area contributed by atoms with E-state index in [1.807, 2.05) is 19.1 Å². The van der Waals surface area contributed by atoms with Gasteiger partial charge >= 0.3 is 0 Å². The first-order chi connectivity index (χ1) is 11.8. The average molecular weight is 347 g/mol. The number of aliphatic hydroxyl groups is 1. The second kappa shape index (κ2) is 7.58. The van der Waals surface area contributed by atoms with Crippen molar-refractivity contribution in [1.82, 2.24) is 4.57 Å². The number of ether oxygens (including phenoxy) is 1. The van der Waals surface area contributed by atoms with Crippen LogP contribution in [0.1, 0.15) is 15.9 Å². The third kappa shape index (κ3) is 4.64. The van der Waals surface area contributed by atoms with E-state index in [0.717, 1.165) is 22.4 Å². The molecule has 1 aromatic heterocycles. The summed E-state index contributed by atoms with van der Waals surface area (Å²) in [5.41, 5.74) is 4.32. The van der Waals surface area contributed by atoms with Crippen molar-refractivity contribution >= 4 is 11.6 Å². The van der Waals surface area contributed by atoms with Crippen molar-refractivity contribution in [1.29, 1.82) is 0 Å². The molecule has 2 aromatic rings. The molecule has 132 valence electrons. The molecule has 1 amide bonds. The molecule has 0 fully saturated rings. The first-order valence-electron chi connectivity index (χ1n) is 7.34. The molecule has 0 saturated carbocycles. The van der Waals surface area contributed by atoms with E-state index >= 15 is 0 Å². The monoisotopic (exact) mass is 347 g/mol. The lowest BCUT2D eigenvalue weighted by atomic mass is 10.2. The van der Waals surface area contributed by atoms with E-state index in [-0.39, 0.29) is 13.2 Å². The Balaban J connectivity index is 2.15. The van der Waals surface area contributed by atoms with Gasteiger partial charge in [0.2, 0.25) is 0 Å². The van der Waals surface area contributed by atoms with Gasteiger partial charge in [0.25, 0.3) is 17.2 Å². The lowest BCUT2D eigenvalue weighted by Crippen LogP contribution is -2.34. The molecular formula is C16H17N3O6. The number of hydrogen-bond acceptors (Lipinski definition) is 6. The SMILES string of the molecule is Cc1ccc(OCC(O)Cn2cc([N+](=O)[O-])cc(C(N)=O)c2=O)cc1. The van der Waals surface area contributed by atoms with E-state index in [1.165, 1.54) is 0 Å². The molecule has 9 nitrogen and oxygen atoms in total. The summed E-state index contributed by atoms with van der Waals surface area (Å²) in [6.07, 6.45) is -0.175. The van der Waals surface area contributed by atoms with Crippen molar-refractivity contribution in [2.24, 2.45) is 5.73 Å². The number of nitro groups is 1. The molecule has 1 atom stereocenters. The van der Waals surface area contributed by atoms with Crippen molar-refractivity contribution in [3.63, 3.8) is 0 Å². The van der Waals surface area contributed by atoms with Crippen LogP contribution in [0, 0.1) is 17.0 Å². The summed E-state index contributed by atoms with van der Waals surface area (Å²) < 4.78 is 6.28. The molecule has 9 heteroatoms. The van der Waals surface area contributed by atoms with Gasteiger partial charge in [0.1, 0.15) is 24.0 Å². The Labute approximate surface area is 142 Å². The summed E-state index contributed by atoms with van der Waals surface area (Å²) in [4.78, 5) is 33.6. The second-order valence-electron chi connectivity index (χ2n) is 5.47. The van der Waals surface area contributed by atoms with E-state index in [9.17, 15) is 24.8 Å². The van der Waals surface area contributed by atoms with Gasteiger partial charge in [0.05, 0.1) is 17.7 Å². The van der Waals surface area contributed by atoms with Crippen LogP contribution in [0.2, 0.25) is 0 Å². The van der Waals surface area contributed by atoms with Crippen molar-refractivity contribution < 1.29 is 19.6 Å². The highest BCUT2D eigenvalue weighted by atomic mass is 16.6. The summed E-state index contributed by atoms with van der Waals surface area (Å²) in [6.45, 7) is 1.50. The number of rotatable bonds is 7. The van der Waals surface area contributed by atoms with E-state index < -0.39 is 33.7 Å². The molecule has 0 radical (unpaired) electrons. The zero-order chi connectivity index (χ0) is 18.6. The molecule has 1 aromatic carbocycles. The Morgan fingerprint density at radius 1 is 1.40 bits per heavy atom. The number of nitrogens with zero attached hydrogens (tertiary/aromatic N) is 2. The Morgan fingerprint density at radius 3 is 2.60 bits per heavy atom. The number of aliphatic hydroxyl groups excluding tert-OH is 1. The topological polar surface area (TPSA) is 138 Å².